The maximum Gasteiger partial charge on any atom is 0.182 e. The second-order valence-corrected chi connectivity index (χ2v) is 4.29. The van der Waals surface area contributed by atoms with Gasteiger partial charge in [0.05, 0.1) is 6.54 Å². The van der Waals surface area contributed by atoms with Crippen molar-refractivity contribution < 1.29 is 8.78 Å². The summed E-state index contributed by atoms with van der Waals surface area (Å²) in [5.41, 5.74) is 1.60. The van der Waals surface area contributed by atoms with E-state index < -0.39 is 0 Å². The van der Waals surface area contributed by atoms with Gasteiger partial charge in [-0.2, -0.15) is 0 Å². The summed E-state index contributed by atoms with van der Waals surface area (Å²) in [5, 5.41) is 11.5. The molecule has 0 aliphatic rings. The van der Waals surface area contributed by atoms with Crippen molar-refractivity contribution in [2.45, 2.75) is 6.54 Å². The van der Waals surface area contributed by atoms with Crippen molar-refractivity contribution in [3.05, 3.63) is 65.7 Å². The van der Waals surface area contributed by atoms with Crippen LogP contribution >= 0.6 is 0 Å². The van der Waals surface area contributed by atoms with Gasteiger partial charge in [-0.05, 0) is 52.4 Å². The third kappa shape index (κ3) is 2.54. The molecule has 0 N–H and O–H groups in total. The average molecular weight is 272 g/mol. The van der Waals surface area contributed by atoms with Gasteiger partial charge in [-0.15, -0.1) is 5.10 Å². The van der Waals surface area contributed by atoms with Crippen LogP contribution in [0.2, 0.25) is 0 Å². The van der Waals surface area contributed by atoms with Crippen LogP contribution < -0.4 is 0 Å². The van der Waals surface area contributed by atoms with Crippen LogP contribution in [0, 0.1) is 11.6 Å². The van der Waals surface area contributed by atoms with Crippen LogP contribution in [0.3, 0.4) is 0 Å². The third-order valence-electron chi connectivity index (χ3n) is 2.88. The smallest absolute Gasteiger partial charge is 0.182 e. The molecule has 0 aliphatic heterocycles. The molecule has 0 amide bonds. The predicted octanol–water partition coefficient (Wildman–Crippen LogP) is 2.67. The van der Waals surface area contributed by atoms with Crippen LogP contribution in [0.25, 0.3) is 11.4 Å². The molecule has 0 saturated carbocycles. The molecule has 100 valence electrons. The van der Waals surface area contributed by atoms with Crippen LogP contribution in [0.1, 0.15) is 5.56 Å². The van der Waals surface area contributed by atoms with Gasteiger partial charge in [0.2, 0.25) is 0 Å². The highest BCUT2D eigenvalue weighted by atomic mass is 19.1. The molecule has 0 fully saturated rings. The van der Waals surface area contributed by atoms with E-state index in [1.165, 1.54) is 24.3 Å². The monoisotopic (exact) mass is 272 g/mol. The molecular weight excluding hydrogens is 262 g/mol. The number of rotatable bonds is 3. The summed E-state index contributed by atoms with van der Waals surface area (Å²) >= 11 is 0. The summed E-state index contributed by atoms with van der Waals surface area (Å²) in [4.78, 5) is 0. The Labute approximate surface area is 113 Å². The number of hydrogen-bond acceptors (Lipinski definition) is 3. The van der Waals surface area contributed by atoms with Crippen molar-refractivity contribution in [1.29, 1.82) is 0 Å². The Bertz CT molecular complexity index is 705. The van der Waals surface area contributed by atoms with Crippen molar-refractivity contribution >= 4 is 0 Å². The lowest BCUT2D eigenvalue weighted by atomic mass is 10.2. The van der Waals surface area contributed by atoms with E-state index in [1.54, 1.807) is 28.9 Å². The van der Waals surface area contributed by atoms with Gasteiger partial charge in [-0.1, -0.05) is 12.1 Å². The van der Waals surface area contributed by atoms with Crippen molar-refractivity contribution in [3.63, 3.8) is 0 Å². The lowest BCUT2D eigenvalue weighted by Gasteiger charge is -2.05. The molecule has 2 aromatic carbocycles. The fraction of sp³-hybridized carbons (Fsp3) is 0.0714. The molecule has 1 heterocycles. The number of nitrogens with zero attached hydrogens (tertiary/aromatic N) is 4. The maximum atomic E-state index is 12.9. The Morgan fingerprint density at radius 2 is 1.45 bits per heavy atom. The molecular formula is C14H10F2N4. The Balaban J connectivity index is 1.90. The van der Waals surface area contributed by atoms with Gasteiger partial charge in [0, 0.05) is 5.56 Å². The quantitative estimate of drug-likeness (QED) is 0.736. The highest BCUT2D eigenvalue weighted by Gasteiger charge is 2.09. The Morgan fingerprint density at radius 1 is 0.850 bits per heavy atom. The molecule has 1 aromatic heterocycles. The standard InChI is InChI=1S/C14H10F2N4/c15-12-5-1-10(2-6-12)9-20-14(17-18-19-20)11-3-7-13(16)8-4-11/h1-8H,9H2. The van der Waals surface area contributed by atoms with Gasteiger partial charge in [-0.3, -0.25) is 0 Å². The first-order chi connectivity index (χ1) is 9.72. The van der Waals surface area contributed by atoms with E-state index in [0.29, 0.717) is 12.4 Å². The molecule has 20 heavy (non-hydrogen) atoms. The summed E-state index contributed by atoms with van der Waals surface area (Å²) < 4.78 is 27.4. The SMILES string of the molecule is Fc1ccc(Cn2nnnc2-c2ccc(F)cc2)cc1. The Hall–Kier alpha value is -2.63. The minimum absolute atomic E-state index is 0.288. The second kappa shape index (κ2) is 5.16. The van der Waals surface area contributed by atoms with Crippen molar-refractivity contribution in [1.82, 2.24) is 20.2 Å². The van der Waals surface area contributed by atoms with Crippen LogP contribution in [-0.2, 0) is 6.54 Å². The van der Waals surface area contributed by atoms with Gasteiger partial charge >= 0.3 is 0 Å². The molecule has 0 saturated heterocycles. The minimum Gasteiger partial charge on any atom is -0.221 e. The molecule has 3 rings (SSSR count). The third-order valence-corrected chi connectivity index (χ3v) is 2.88. The van der Waals surface area contributed by atoms with Gasteiger partial charge in [0.15, 0.2) is 5.82 Å². The largest absolute Gasteiger partial charge is 0.221 e. The van der Waals surface area contributed by atoms with Crippen LogP contribution in [-0.4, -0.2) is 20.2 Å². The van der Waals surface area contributed by atoms with E-state index in [2.05, 4.69) is 15.5 Å². The first-order valence-electron chi connectivity index (χ1n) is 5.99. The van der Waals surface area contributed by atoms with Crippen molar-refractivity contribution in [2.75, 3.05) is 0 Å². The fourth-order valence-corrected chi connectivity index (χ4v) is 1.88. The number of hydrogen-bond donors (Lipinski definition) is 0. The summed E-state index contributed by atoms with van der Waals surface area (Å²) in [7, 11) is 0. The van der Waals surface area contributed by atoms with Gasteiger partial charge in [-0.25, -0.2) is 13.5 Å². The predicted molar refractivity (Wildman–Crippen MR) is 68.7 cm³/mol. The molecule has 4 nitrogen and oxygen atoms in total. The zero-order valence-corrected chi connectivity index (χ0v) is 10.4. The lowest BCUT2D eigenvalue weighted by molar-refractivity contribution is 0.622. The first kappa shape index (κ1) is 12.4. The molecule has 0 unspecified atom stereocenters. The van der Waals surface area contributed by atoms with Gasteiger partial charge < -0.3 is 0 Å². The molecule has 0 bridgehead atoms. The van der Waals surface area contributed by atoms with E-state index >= 15 is 0 Å². The zero-order chi connectivity index (χ0) is 13.9. The number of aromatic nitrogens is 4. The van der Waals surface area contributed by atoms with Crippen molar-refractivity contribution in [2.24, 2.45) is 0 Å². The molecule has 0 spiro atoms. The average Bonchev–Trinajstić information content (AvgIpc) is 2.90. The van der Waals surface area contributed by atoms with Crippen LogP contribution in [0.15, 0.2) is 48.5 Å². The highest BCUT2D eigenvalue weighted by Crippen LogP contribution is 2.17. The highest BCUT2D eigenvalue weighted by molar-refractivity contribution is 5.54. The van der Waals surface area contributed by atoms with Crippen LogP contribution in [0.4, 0.5) is 8.78 Å². The number of tetrazole rings is 1. The lowest BCUT2D eigenvalue weighted by Crippen LogP contribution is -2.04. The zero-order valence-electron chi connectivity index (χ0n) is 10.4. The van der Waals surface area contributed by atoms with Gasteiger partial charge in [0.25, 0.3) is 0 Å². The molecule has 3 aromatic rings. The molecule has 0 atom stereocenters. The number of benzene rings is 2. The molecule has 0 radical (unpaired) electrons. The summed E-state index contributed by atoms with van der Waals surface area (Å²) in [5.74, 6) is -0.0649. The maximum absolute atomic E-state index is 12.9. The van der Waals surface area contributed by atoms with E-state index in [9.17, 15) is 8.78 Å². The normalized spacial score (nSPS) is 10.7. The second-order valence-electron chi connectivity index (χ2n) is 4.29. The Morgan fingerprint density at radius 3 is 2.10 bits per heavy atom. The topological polar surface area (TPSA) is 43.6 Å². The molecule has 0 aliphatic carbocycles. The summed E-state index contributed by atoms with van der Waals surface area (Å²) in [6, 6.07) is 12.0. The minimum atomic E-state index is -0.314. The van der Waals surface area contributed by atoms with E-state index in [4.69, 9.17) is 0 Å². The van der Waals surface area contributed by atoms with Crippen molar-refractivity contribution in [3.8, 4) is 11.4 Å². The first-order valence-corrected chi connectivity index (χ1v) is 5.99. The molecule has 6 heteroatoms. The van der Waals surface area contributed by atoms with E-state index in [-0.39, 0.29) is 11.6 Å². The number of halogens is 2. The Kier molecular flexibility index (Phi) is 3.20. The summed E-state index contributed by atoms with van der Waals surface area (Å²) in [6.45, 7) is 0.417. The van der Waals surface area contributed by atoms with E-state index in [0.717, 1.165) is 11.1 Å². The van der Waals surface area contributed by atoms with E-state index in [1.807, 2.05) is 0 Å². The van der Waals surface area contributed by atoms with Crippen LogP contribution in [0.5, 0.6) is 0 Å². The van der Waals surface area contributed by atoms with Gasteiger partial charge in [0.1, 0.15) is 11.6 Å². The fourth-order valence-electron chi connectivity index (χ4n) is 1.88. The summed E-state index contributed by atoms with van der Waals surface area (Å²) in [6.07, 6.45) is 0.